The molecule has 2 heterocycles. The average molecular weight is 518 g/mol. The second kappa shape index (κ2) is 9.97. The molecular formula is C23H24BrN3O4S. The van der Waals surface area contributed by atoms with Crippen molar-refractivity contribution in [1.29, 1.82) is 0 Å². The Morgan fingerprint density at radius 3 is 2.66 bits per heavy atom. The molecule has 0 aromatic heterocycles. The van der Waals surface area contributed by atoms with Crippen molar-refractivity contribution < 1.29 is 19.4 Å². The number of aromatic hydroxyl groups is 1. The van der Waals surface area contributed by atoms with E-state index >= 15 is 0 Å². The van der Waals surface area contributed by atoms with Gasteiger partial charge in [-0.05, 0) is 82.7 Å². The Bertz CT molecular complexity index is 1070. The van der Waals surface area contributed by atoms with Crippen LogP contribution < -0.4 is 9.64 Å². The Morgan fingerprint density at radius 1 is 1.25 bits per heavy atom. The molecule has 9 heteroatoms. The van der Waals surface area contributed by atoms with Crippen LogP contribution in [0.3, 0.4) is 0 Å². The number of amidine groups is 1. The summed E-state index contributed by atoms with van der Waals surface area (Å²) in [6, 6.07) is 11.5. The molecule has 4 rings (SSSR count). The van der Waals surface area contributed by atoms with Gasteiger partial charge in [-0.3, -0.25) is 9.69 Å². The van der Waals surface area contributed by atoms with E-state index in [1.165, 1.54) is 11.8 Å². The number of likely N-dealkylation sites (N-methyl/N-ethyl adjacent to an activating group) is 1. The summed E-state index contributed by atoms with van der Waals surface area (Å²) in [6.07, 6.45) is 1.78. The van der Waals surface area contributed by atoms with Gasteiger partial charge in [-0.15, -0.1) is 0 Å². The number of phenols is 1. The van der Waals surface area contributed by atoms with Crippen LogP contribution >= 0.6 is 27.7 Å². The molecule has 0 saturated carbocycles. The van der Waals surface area contributed by atoms with Gasteiger partial charge in [0.25, 0.3) is 5.91 Å². The highest BCUT2D eigenvalue weighted by Gasteiger charge is 2.30. The summed E-state index contributed by atoms with van der Waals surface area (Å²) in [5.74, 6) is 0.284. The minimum atomic E-state index is -0.124. The fourth-order valence-electron chi connectivity index (χ4n) is 3.42. The first-order valence-corrected chi connectivity index (χ1v) is 11.9. The SMILES string of the molecule is CCOc1cc(/C=C2\SC(=Nc3ccc(N4CCOCC4)cc3)N(C)C2=O)cc(Br)c1O. The van der Waals surface area contributed by atoms with E-state index in [0.717, 1.165) is 43.2 Å². The first kappa shape index (κ1) is 22.7. The highest BCUT2D eigenvalue weighted by molar-refractivity contribution is 9.10. The Balaban J connectivity index is 1.54. The van der Waals surface area contributed by atoms with Gasteiger partial charge in [0.2, 0.25) is 0 Å². The van der Waals surface area contributed by atoms with Crippen molar-refractivity contribution in [3.05, 3.63) is 51.3 Å². The molecule has 2 aromatic rings. The summed E-state index contributed by atoms with van der Waals surface area (Å²) in [6.45, 7) is 5.53. The lowest BCUT2D eigenvalue weighted by atomic mass is 10.2. The molecule has 2 saturated heterocycles. The summed E-state index contributed by atoms with van der Waals surface area (Å²) in [5, 5.41) is 10.7. The predicted molar refractivity (Wildman–Crippen MR) is 132 cm³/mol. The van der Waals surface area contributed by atoms with E-state index in [1.54, 1.807) is 30.2 Å². The number of hydrogen-bond acceptors (Lipinski definition) is 7. The third-order valence-electron chi connectivity index (χ3n) is 5.10. The molecule has 0 atom stereocenters. The molecule has 168 valence electrons. The summed E-state index contributed by atoms with van der Waals surface area (Å²) in [7, 11) is 1.72. The number of ether oxygens (including phenoxy) is 2. The number of aliphatic imine (C=N–C) groups is 1. The van der Waals surface area contributed by atoms with E-state index in [1.807, 2.05) is 31.2 Å². The van der Waals surface area contributed by atoms with Gasteiger partial charge >= 0.3 is 0 Å². The average Bonchev–Trinajstić information content (AvgIpc) is 3.06. The molecule has 1 amide bonds. The van der Waals surface area contributed by atoms with Crippen molar-refractivity contribution in [1.82, 2.24) is 4.90 Å². The fraction of sp³-hybridized carbons (Fsp3) is 0.304. The summed E-state index contributed by atoms with van der Waals surface area (Å²) < 4.78 is 11.4. The highest BCUT2D eigenvalue weighted by Crippen LogP contribution is 2.38. The predicted octanol–water partition coefficient (Wildman–Crippen LogP) is 4.62. The Kier molecular flexibility index (Phi) is 7.07. The largest absolute Gasteiger partial charge is 0.503 e. The van der Waals surface area contributed by atoms with E-state index in [2.05, 4.69) is 25.8 Å². The van der Waals surface area contributed by atoms with Gasteiger partial charge in [0.05, 0.1) is 34.9 Å². The summed E-state index contributed by atoms with van der Waals surface area (Å²) in [5.41, 5.74) is 2.68. The number of carbonyl (C=O) groups is 1. The third-order valence-corrected chi connectivity index (χ3v) is 6.77. The molecule has 0 radical (unpaired) electrons. The van der Waals surface area contributed by atoms with Gasteiger partial charge in [0, 0.05) is 25.8 Å². The van der Waals surface area contributed by atoms with Crippen LogP contribution in [0, 0.1) is 0 Å². The van der Waals surface area contributed by atoms with Gasteiger partial charge in [-0.25, -0.2) is 4.99 Å². The lowest BCUT2D eigenvalue weighted by molar-refractivity contribution is -0.121. The monoisotopic (exact) mass is 517 g/mol. The summed E-state index contributed by atoms with van der Waals surface area (Å²) >= 11 is 4.66. The van der Waals surface area contributed by atoms with E-state index in [9.17, 15) is 9.90 Å². The maximum atomic E-state index is 12.8. The number of hydrogen-bond donors (Lipinski definition) is 1. The van der Waals surface area contributed by atoms with Gasteiger partial charge in [0.15, 0.2) is 16.7 Å². The molecule has 0 aliphatic carbocycles. The molecule has 2 aliphatic rings. The number of carbonyl (C=O) groups excluding carboxylic acids is 1. The Morgan fingerprint density at radius 2 is 1.97 bits per heavy atom. The molecule has 7 nitrogen and oxygen atoms in total. The number of rotatable bonds is 5. The van der Waals surface area contributed by atoms with Crippen molar-refractivity contribution in [2.75, 3.05) is 44.9 Å². The molecule has 32 heavy (non-hydrogen) atoms. The molecule has 2 fully saturated rings. The maximum absolute atomic E-state index is 12.8. The van der Waals surface area contributed by atoms with Gasteiger partial charge in [-0.2, -0.15) is 0 Å². The standard InChI is InChI=1S/C23H24BrN3O4S/c1-3-31-19-13-15(12-18(24)21(19)28)14-20-22(29)26(2)23(32-20)25-16-4-6-17(7-5-16)27-8-10-30-11-9-27/h4-7,12-14,28H,3,8-11H2,1-2H3/b20-14-,25-23?. The van der Waals surface area contributed by atoms with Crippen molar-refractivity contribution in [3.63, 3.8) is 0 Å². The minimum Gasteiger partial charge on any atom is -0.503 e. The molecule has 2 aliphatic heterocycles. The lowest BCUT2D eigenvalue weighted by Crippen LogP contribution is -2.36. The van der Waals surface area contributed by atoms with Crippen LogP contribution in [0.5, 0.6) is 11.5 Å². The van der Waals surface area contributed by atoms with E-state index in [4.69, 9.17) is 9.47 Å². The topological polar surface area (TPSA) is 74.6 Å². The number of benzene rings is 2. The van der Waals surface area contributed by atoms with Crippen molar-refractivity contribution in [3.8, 4) is 11.5 Å². The Labute approximate surface area is 199 Å². The zero-order chi connectivity index (χ0) is 22.7. The van der Waals surface area contributed by atoms with Gasteiger partial charge in [-0.1, -0.05) is 0 Å². The first-order chi connectivity index (χ1) is 15.5. The van der Waals surface area contributed by atoms with Gasteiger partial charge < -0.3 is 19.5 Å². The number of halogens is 1. The molecule has 0 bridgehead atoms. The molecule has 2 aromatic carbocycles. The van der Waals surface area contributed by atoms with Crippen LogP contribution in [0.25, 0.3) is 6.08 Å². The molecule has 0 spiro atoms. The van der Waals surface area contributed by atoms with Crippen LogP contribution in [0.1, 0.15) is 12.5 Å². The Hall–Kier alpha value is -2.49. The van der Waals surface area contributed by atoms with Crippen LogP contribution in [0.4, 0.5) is 11.4 Å². The van der Waals surface area contributed by atoms with Crippen LogP contribution in [0.15, 0.2) is 50.8 Å². The highest BCUT2D eigenvalue weighted by atomic mass is 79.9. The van der Waals surface area contributed by atoms with Crippen LogP contribution in [-0.2, 0) is 9.53 Å². The number of amides is 1. The second-order valence-corrected chi connectivity index (χ2v) is 9.13. The van der Waals surface area contributed by atoms with E-state index in [0.29, 0.717) is 26.9 Å². The van der Waals surface area contributed by atoms with Crippen LogP contribution in [0.2, 0.25) is 0 Å². The number of phenolic OH excluding ortho intramolecular Hbond substituents is 1. The van der Waals surface area contributed by atoms with Gasteiger partial charge in [0.1, 0.15) is 0 Å². The fourth-order valence-corrected chi connectivity index (χ4v) is 4.86. The normalized spacial score (nSPS) is 19.3. The molecule has 1 N–H and O–H groups in total. The third kappa shape index (κ3) is 4.95. The van der Waals surface area contributed by atoms with Crippen molar-refractivity contribution in [2.24, 2.45) is 4.99 Å². The zero-order valence-corrected chi connectivity index (χ0v) is 20.3. The number of morpholine rings is 1. The lowest BCUT2D eigenvalue weighted by Gasteiger charge is -2.28. The van der Waals surface area contributed by atoms with Crippen molar-refractivity contribution >= 4 is 56.2 Å². The maximum Gasteiger partial charge on any atom is 0.266 e. The molecule has 0 unspecified atom stereocenters. The quantitative estimate of drug-likeness (QED) is 0.583. The zero-order valence-electron chi connectivity index (χ0n) is 17.9. The first-order valence-electron chi connectivity index (χ1n) is 10.3. The van der Waals surface area contributed by atoms with Crippen molar-refractivity contribution in [2.45, 2.75) is 6.92 Å². The molecular weight excluding hydrogens is 494 g/mol. The van der Waals surface area contributed by atoms with E-state index < -0.39 is 0 Å². The van der Waals surface area contributed by atoms with Crippen LogP contribution in [-0.4, -0.2) is 61.0 Å². The number of anilines is 1. The smallest absolute Gasteiger partial charge is 0.266 e. The minimum absolute atomic E-state index is 0.0410. The van der Waals surface area contributed by atoms with E-state index in [-0.39, 0.29) is 11.7 Å². The number of nitrogens with zero attached hydrogens (tertiary/aromatic N) is 3. The second-order valence-electron chi connectivity index (χ2n) is 7.27. The number of thioether (sulfide) groups is 1. The summed E-state index contributed by atoms with van der Waals surface area (Å²) in [4.78, 5) is 21.8.